The van der Waals surface area contributed by atoms with E-state index in [0.717, 1.165) is 54.9 Å². The van der Waals surface area contributed by atoms with Crippen LogP contribution in [-0.4, -0.2) is 23.1 Å². The Balaban J connectivity index is 1.44. The Labute approximate surface area is 147 Å². The van der Waals surface area contributed by atoms with Gasteiger partial charge >= 0.3 is 0 Å². The zero-order valence-corrected chi connectivity index (χ0v) is 14.7. The molecule has 4 heteroatoms. The van der Waals surface area contributed by atoms with Gasteiger partial charge < -0.3 is 4.90 Å². The van der Waals surface area contributed by atoms with Gasteiger partial charge in [0, 0.05) is 12.3 Å². The van der Waals surface area contributed by atoms with E-state index in [-0.39, 0.29) is 16.6 Å². The molecular weight excluding hydrogens is 321 g/mol. The van der Waals surface area contributed by atoms with Gasteiger partial charge in [0.05, 0.1) is 5.41 Å². The topological polar surface area (TPSA) is 20.3 Å². The maximum atomic E-state index is 13.6. The van der Waals surface area contributed by atoms with Crippen molar-refractivity contribution >= 4 is 17.7 Å². The summed E-state index contributed by atoms with van der Waals surface area (Å²) < 4.78 is 13.6. The minimum atomic E-state index is -0.206. The van der Waals surface area contributed by atoms with Gasteiger partial charge in [0.1, 0.15) is 11.2 Å². The van der Waals surface area contributed by atoms with Crippen molar-refractivity contribution in [3.05, 3.63) is 35.6 Å². The molecular formula is C20H24FNOS. The van der Waals surface area contributed by atoms with E-state index in [1.165, 1.54) is 25.3 Å². The highest BCUT2D eigenvalue weighted by Crippen LogP contribution is 2.61. The molecule has 6 rings (SSSR count). The van der Waals surface area contributed by atoms with Gasteiger partial charge in [0.25, 0.3) is 0 Å². The summed E-state index contributed by atoms with van der Waals surface area (Å²) >= 11 is 1.78. The van der Waals surface area contributed by atoms with Crippen molar-refractivity contribution in [1.29, 1.82) is 0 Å². The van der Waals surface area contributed by atoms with E-state index in [2.05, 4.69) is 4.90 Å². The molecule has 1 saturated heterocycles. The van der Waals surface area contributed by atoms with Gasteiger partial charge in [-0.15, -0.1) is 11.8 Å². The molecule has 128 valence electrons. The predicted octanol–water partition coefficient (Wildman–Crippen LogP) is 4.62. The molecule has 5 aliphatic rings. The third-order valence-corrected chi connectivity index (χ3v) is 8.04. The molecule has 1 amide bonds. The molecule has 1 heterocycles. The van der Waals surface area contributed by atoms with Crippen LogP contribution in [0.1, 0.15) is 49.5 Å². The van der Waals surface area contributed by atoms with Crippen LogP contribution in [-0.2, 0) is 4.79 Å². The van der Waals surface area contributed by atoms with Crippen molar-refractivity contribution in [2.75, 3.05) is 12.3 Å². The number of hydrogen-bond acceptors (Lipinski definition) is 2. The van der Waals surface area contributed by atoms with Gasteiger partial charge in [0.2, 0.25) is 5.91 Å². The molecule has 4 aliphatic carbocycles. The van der Waals surface area contributed by atoms with Crippen molar-refractivity contribution < 1.29 is 9.18 Å². The molecule has 0 N–H and O–H groups in total. The lowest BCUT2D eigenvalue weighted by Gasteiger charge is -2.56. The fraction of sp³-hybridized carbons (Fsp3) is 0.650. The molecule has 4 saturated carbocycles. The lowest BCUT2D eigenvalue weighted by Crippen LogP contribution is -2.54. The van der Waals surface area contributed by atoms with Gasteiger partial charge in [-0.1, -0.05) is 12.1 Å². The molecule has 0 spiro atoms. The normalized spacial score (nSPS) is 40.3. The monoisotopic (exact) mass is 345 g/mol. The third-order valence-electron chi connectivity index (χ3n) is 6.78. The predicted molar refractivity (Wildman–Crippen MR) is 93.9 cm³/mol. The second-order valence-electron chi connectivity index (χ2n) is 8.47. The van der Waals surface area contributed by atoms with E-state index in [4.69, 9.17) is 0 Å². The number of thioether (sulfide) groups is 1. The molecule has 0 radical (unpaired) electrons. The Hall–Kier alpha value is -1.03. The van der Waals surface area contributed by atoms with Crippen LogP contribution in [0.15, 0.2) is 24.3 Å². The Bertz CT molecular complexity index is 640. The van der Waals surface area contributed by atoms with Gasteiger partial charge in [-0.05, 0) is 74.0 Å². The van der Waals surface area contributed by atoms with Crippen LogP contribution in [0, 0.1) is 29.0 Å². The zero-order chi connectivity index (χ0) is 16.3. The minimum absolute atomic E-state index is 0.00112. The molecule has 0 aromatic heterocycles. The first kappa shape index (κ1) is 15.2. The quantitative estimate of drug-likeness (QED) is 0.780. The SMILES string of the molecule is O=C(N1CCS[C@@H]1c1cccc(F)c1)C12CC3CC(CC(C3)C1)C2. The van der Waals surface area contributed by atoms with Crippen LogP contribution >= 0.6 is 11.8 Å². The second-order valence-corrected chi connectivity index (χ2v) is 9.66. The second kappa shape index (κ2) is 5.48. The van der Waals surface area contributed by atoms with Crippen molar-refractivity contribution in [2.24, 2.45) is 23.2 Å². The Kier molecular flexibility index (Phi) is 3.48. The standard InChI is InChI=1S/C20H24FNOS/c21-17-3-1-2-16(9-17)18-22(4-5-24-18)19(23)20-10-13-6-14(11-20)8-15(7-13)12-20/h1-3,9,13-15,18H,4-8,10-12H2/t13?,14?,15?,18-,20?/m1/s1. The average molecular weight is 345 g/mol. The van der Waals surface area contributed by atoms with Gasteiger partial charge in [0.15, 0.2) is 0 Å². The zero-order valence-electron chi connectivity index (χ0n) is 13.9. The number of nitrogens with zero attached hydrogens (tertiary/aromatic N) is 1. The Morgan fingerprint density at radius 1 is 1.12 bits per heavy atom. The molecule has 4 bridgehead atoms. The molecule has 2 nitrogen and oxygen atoms in total. The first-order valence-corrected chi connectivity index (χ1v) is 10.4. The summed E-state index contributed by atoms with van der Waals surface area (Å²) in [6.45, 7) is 0.812. The van der Waals surface area contributed by atoms with Crippen LogP contribution in [0.3, 0.4) is 0 Å². The Morgan fingerprint density at radius 2 is 1.79 bits per heavy atom. The minimum Gasteiger partial charge on any atom is -0.325 e. The maximum absolute atomic E-state index is 13.6. The van der Waals surface area contributed by atoms with E-state index in [1.807, 2.05) is 6.07 Å². The lowest BCUT2D eigenvalue weighted by atomic mass is 9.49. The van der Waals surface area contributed by atoms with E-state index < -0.39 is 0 Å². The molecule has 24 heavy (non-hydrogen) atoms. The Morgan fingerprint density at radius 3 is 2.42 bits per heavy atom. The largest absolute Gasteiger partial charge is 0.325 e. The summed E-state index contributed by atoms with van der Waals surface area (Å²) in [6.07, 6.45) is 7.39. The highest BCUT2D eigenvalue weighted by molar-refractivity contribution is 7.99. The molecule has 1 aromatic rings. The fourth-order valence-corrected chi connectivity index (χ4v) is 7.54. The summed E-state index contributed by atoms with van der Waals surface area (Å²) in [4.78, 5) is 15.7. The van der Waals surface area contributed by atoms with Crippen LogP contribution < -0.4 is 0 Å². The van der Waals surface area contributed by atoms with E-state index >= 15 is 0 Å². The summed E-state index contributed by atoms with van der Waals surface area (Å²) in [5, 5.41) is 0.00112. The molecule has 5 fully saturated rings. The van der Waals surface area contributed by atoms with Gasteiger partial charge in [-0.2, -0.15) is 0 Å². The summed E-state index contributed by atoms with van der Waals surface area (Å²) in [6, 6.07) is 6.81. The lowest BCUT2D eigenvalue weighted by molar-refractivity contribution is -0.157. The first-order valence-electron chi connectivity index (χ1n) is 9.31. The number of benzene rings is 1. The number of halogens is 1. The van der Waals surface area contributed by atoms with Gasteiger partial charge in [-0.25, -0.2) is 4.39 Å². The number of amides is 1. The summed E-state index contributed by atoms with van der Waals surface area (Å²) in [5.74, 6) is 3.47. The first-order chi connectivity index (χ1) is 11.6. The van der Waals surface area contributed by atoms with Crippen LogP contribution in [0.5, 0.6) is 0 Å². The highest BCUT2D eigenvalue weighted by atomic mass is 32.2. The fourth-order valence-electron chi connectivity index (χ4n) is 6.29. The van der Waals surface area contributed by atoms with E-state index in [9.17, 15) is 9.18 Å². The number of carbonyl (C=O) groups is 1. The molecule has 0 unspecified atom stereocenters. The summed E-state index contributed by atoms with van der Waals surface area (Å²) in [5.41, 5.74) is 0.848. The maximum Gasteiger partial charge on any atom is 0.230 e. The number of hydrogen-bond donors (Lipinski definition) is 0. The van der Waals surface area contributed by atoms with E-state index in [1.54, 1.807) is 23.9 Å². The van der Waals surface area contributed by atoms with Crippen molar-refractivity contribution in [3.8, 4) is 0 Å². The smallest absolute Gasteiger partial charge is 0.230 e. The van der Waals surface area contributed by atoms with Crippen molar-refractivity contribution in [2.45, 2.75) is 43.9 Å². The molecule has 1 atom stereocenters. The number of carbonyl (C=O) groups excluding carboxylic acids is 1. The van der Waals surface area contributed by atoms with E-state index in [0.29, 0.717) is 5.91 Å². The van der Waals surface area contributed by atoms with Crippen molar-refractivity contribution in [3.63, 3.8) is 0 Å². The average Bonchev–Trinajstić information content (AvgIpc) is 3.02. The molecule has 1 aromatic carbocycles. The van der Waals surface area contributed by atoms with Crippen LogP contribution in [0.2, 0.25) is 0 Å². The van der Waals surface area contributed by atoms with Crippen LogP contribution in [0.4, 0.5) is 4.39 Å². The van der Waals surface area contributed by atoms with Gasteiger partial charge in [-0.3, -0.25) is 4.79 Å². The van der Waals surface area contributed by atoms with Crippen molar-refractivity contribution in [1.82, 2.24) is 4.90 Å². The molecule has 1 aliphatic heterocycles. The summed E-state index contributed by atoms with van der Waals surface area (Å²) in [7, 11) is 0. The highest BCUT2D eigenvalue weighted by Gasteiger charge is 2.56. The third kappa shape index (κ3) is 2.33. The number of rotatable bonds is 2. The van der Waals surface area contributed by atoms with Crippen LogP contribution in [0.25, 0.3) is 0 Å².